The lowest BCUT2D eigenvalue weighted by atomic mass is 10.4. The summed E-state index contributed by atoms with van der Waals surface area (Å²) in [6, 6.07) is 4.08. The van der Waals surface area contributed by atoms with Gasteiger partial charge in [-0.2, -0.15) is 4.98 Å². The number of hydrogen-bond donors (Lipinski definition) is 1. The summed E-state index contributed by atoms with van der Waals surface area (Å²) in [5.41, 5.74) is 0. The first-order chi connectivity index (χ1) is 7.43. The van der Waals surface area contributed by atoms with Crippen LogP contribution in [0.4, 0.5) is 5.95 Å². The van der Waals surface area contributed by atoms with E-state index in [1.807, 2.05) is 11.4 Å². The van der Waals surface area contributed by atoms with Crippen LogP contribution in [0.3, 0.4) is 0 Å². The highest BCUT2D eigenvalue weighted by atomic mass is 32.1. The number of thiophene rings is 1. The molecular formula is C10H12N4S. The van der Waals surface area contributed by atoms with E-state index in [2.05, 4.69) is 26.1 Å². The van der Waals surface area contributed by atoms with E-state index < -0.39 is 0 Å². The van der Waals surface area contributed by atoms with Crippen molar-refractivity contribution in [2.45, 2.75) is 12.8 Å². The molecule has 3 heterocycles. The number of H-pyrrole nitrogens is 1. The van der Waals surface area contributed by atoms with E-state index in [1.54, 1.807) is 11.3 Å². The second-order valence-electron chi connectivity index (χ2n) is 3.66. The quantitative estimate of drug-likeness (QED) is 0.843. The summed E-state index contributed by atoms with van der Waals surface area (Å²) >= 11 is 1.68. The lowest BCUT2D eigenvalue weighted by Crippen LogP contribution is -2.18. The molecule has 0 unspecified atom stereocenters. The Bertz CT molecular complexity index is 428. The molecule has 0 radical (unpaired) electrons. The molecule has 5 heteroatoms. The van der Waals surface area contributed by atoms with Gasteiger partial charge in [0.1, 0.15) is 0 Å². The van der Waals surface area contributed by atoms with Crippen LogP contribution < -0.4 is 4.90 Å². The summed E-state index contributed by atoms with van der Waals surface area (Å²) in [6.07, 6.45) is 2.51. The van der Waals surface area contributed by atoms with Crippen molar-refractivity contribution in [2.24, 2.45) is 0 Å². The van der Waals surface area contributed by atoms with Gasteiger partial charge in [0.25, 0.3) is 0 Å². The van der Waals surface area contributed by atoms with E-state index in [1.165, 1.54) is 12.8 Å². The predicted molar refractivity (Wildman–Crippen MR) is 61.1 cm³/mol. The van der Waals surface area contributed by atoms with Crippen LogP contribution in [-0.2, 0) is 0 Å². The van der Waals surface area contributed by atoms with E-state index in [9.17, 15) is 0 Å². The number of aromatic nitrogens is 3. The molecule has 1 fully saturated rings. The normalized spacial score (nSPS) is 16.1. The zero-order valence-electron chi connectivity index (χ0n) is 8.31. The molecular weight excluding hydrogens is 208 g/mol. The average Bonchev–Trinajstić information content (AvgIpc) is 3.02. The maximum atomic E-state index is 4.50. The maximum absolute atomic E-state index is 4.50. The summed E-state index contributed by atoms with van der Waals surface area (Å²) in [4.78, 5) is 7.88. The Hall–Kier alpha value is -1.36. The van der Waals surface area contributed by atoms with Gasteiger partial charge in [0.2, 0.25) is 5.95 Å². The Morgan fingerprint density at radius 2 is 2.20 bits per heavy atom. The van der Waals surface area contributed by atoms with Crippen LogP contribution >= 0.6 is 11.3 Å². The molecule has 1 saturated heterocycles. The van der Waals surface area contributed by atoms with Crippen LogP contribution in [-0.4, -0.2) is 28.3 Å². The van der Waals surface area contributed by atoms with Crippen LogP contribution in [0.2, 0.25) is 0 Å². The topological polar surface area (TPSA) is 44.8 Å². The molecule has 0 bridgehead atoms. The summed E-state index contributed by atoms with van der Waals surface area (Å²) < 4.78 is 0. The van der Waals surface area contributed by atoms with Gasteiger partial charge in [-0.3, -0.25) is 5.10 Å². The monoisotopic (exact) mass is 220 g/mol. The van der Waals surface area contributed by atoms with Crippen molar-refractivity contribution in [3.63, 3.8) is 0 Å². The maximum Gasteiger partial charge on any atom is 0.245 e. The van der Waals surface area contributed by atoms with Crippen LogP contribution in [0.1, 0.15) is 12.8 Å². The van der Waals surface area contributed by atoms with E-state index in [4.69, 9.17) is 0 Å². The molecule has 1 N–H and O–H groups in total. The zero-order chi connectivity index (χ0) is 10.1. The van der Waals surface area contributed by atoms with Gasteiger partial charge in [0.15, 0.2) is 5.82 Å². The summed E-state index contributed by atoms with van der Waals surface area (Å²) in [7, 11) is 0. The van der Waals surface area contributed by atoms with Crippen LogP contribution in [0.5, 0.6) is 0 Å². The molecule has 1 aliphatic heterocycles. The van der Waals surface area contributed by atoms with Gasteiger partial charge in [0.05, 0.1) is 4.88 Å². The molecule has 0 spiro atoms. The van der Waals surface area contributed by atoms with E-state index in [0.29, 0.717) is 0 Å². The molecule has 0 aromatic carbocycles. The minimum Gasteiger partial charge on any atom is -0.340 e. The highest BCUT2D eigenvalue weighted by molar-refractivity contribution is 7.13. The van der Waals surface area contributed by atoms with Crippen molar-refractivity contribution in [1.82, 2.24) is 15.2 Å². The van der Waals surface area contributed by atoms with Crippen molar-refractivity contribution in [3.05, 3.63) is 17.5 Å². The minimum absolute atomic E-state index is 0.843. The van der Waals surface area contributed by atoms with Crippen molar-refractivity contribution in [1.29, 1.82) is 0 Å². The first kappa shape index (κ1) is 8.91. The van der Waals surface area contributed by atoms with Gasteiger partial charge in [0, 0.05) is 13.1 Å². The second kappa shape index (κ2) is 3.66. The van der Waals surface area contributed by atoms with E-state index in [0.717, 1.165) is 29.7 Å². The lowest BCUT2D eigenvalue weighted by molar-refractivity contribution is 0.903. The number of anilines is 1. The van der Waals surface area contributed by atoms with Crippen LogP contribution in [0.15, 0.2) is 17.5 Å². The van der Waals surface area contributed by atoms with E-state index in [-0.39, 0.29) is 0 Å². The standard InChI is InChI=1S/C10H12N4S/c1-2-6-14(5-1)10-11-9(12-13-10)8-4-3-7-15-8/h3-4,7H,1-2,5-6H2,(H,11,12,13). The van der Waals surface area contributed by atoms with E-state index >= 15 is 0 Å². The Kier molecular flexibility index (Phi) is 2.17. The third kappa shape index (κ3) is 1.63. The number of nitrogens with zero attached hydrogens (tertiary/aromatic N) is 3. The van der Waals surface area contributed by atoms with Crippen molar-refractivity contribution in [2.75, 3.05) is 18.0 Å². The molecule has 2 aromatic rings. The molecule has 3 rings (SSSR count). The first-order valence-electron chi connectivity index (χ1n) is 5.15. The SMILES string of the molecule is c1csc(-c2nc(N3CCCC3)n[nH]2)c1. The van der Waals surface area contributed by atoms with Gasteiger partial charge in [-0.05, 0) is 24.3 Å². The lowest BCUT2D eigenvalue weighted by Gasteiger charge is -2.10. The van der Waals surface area contributed by atoms with Gasteiger partial charge in [-0.25, -0.2) is 0 Å². The zero-order valence-corrected chi connectivity index (χ0v) is 9.13. The Morgan fingerprint density at radius 1 is 1.33 bits per heavy atom. The van der Waals surface area contributed by atoms with Crippen molar-refractivity contribution >= 4 is 17.3 Å². The molecule has 0 atom stereocenters. The number of nitrogens with one attached hydrogen (secondary N) is 1. The van der Waals surface area contributed by atoms with Gasteiger partial charge in [-0.1, -0.05) is 6.07 Å². The predicted octanol–water partition coefficient (Wildman–Crippen LogP) is 2.13. The molecule has 78 valence electrons. The fourth-order valence-electron chi connectivity index (χ4n) is 1.83. The summed E-state index contributed by atoms with van der Waals surface area (Å²) in [6.45, 7) is 2.17. The van der Waals surface area contributed by atoms with Crippen molar-refractivity contribution < 1.29 is 0 Å². The smallest absolute Gasteiger partial charge is 0.245 e. The largest absolute Gasteiger partial charge is 0.340 e. The first-order valence-corrected chi connectivity index (χ1v) is 6.03. The number of aromatic amines is 1. The van der Waals surface area contributed by atoms with Crippen LogP contribution in [0, 0.1) is 0 Å². The Labute approximate surface area is 92.0 Å². The third-order valence-corrected chi connectivity index (χ3v) is 3.49. The average molecular weight is 220 g/mol. The molecule has 0 saturated carbocycles. The Morgan fingerprint density at radius 3 is 2.93 bits per heavy atom. The number of hydrogen-bond acceptors (Lipinski definition) is 4. The fraction of sp³-hybridized carbons (Fsp3) is 0.400. The molecule has 4 nitrogen and oxygen atoms in total. The van der Waals surface area contributed by atoms with Gasteiger partial charge < -0.3 is 4.90 Å². The second-order valence-corrected chi connectivity index (χ2v) is 4.60. The Balaban J connectivity index is 1.87. The highest BCUT2D eigenvalue weighted by Gasteiger charge is 2.16. The molecule has 1 aliphatic rings. The van der Waals surface area contributed by atoms with Gasteiger partial charge in [-0.15, -0.1) is 16.4 Å². The molecule has 2 aromatic heterocycles. The fourth-order valence-corrected chi connectivity index (χ4v) is 2.50. The third-order valence-electron chi connectivity index (χ3n) is 2.62. The highest BCUT2D eigenvalue weighted by Crippen LogP contribution is 2.23. The minimum atomic E-state index is 0.843. The molecule has 15 heavy (non-hydrogen) atoms. The molecule has 0 aliphatic carbocycles. The van der Waals surface area contributed by atoms with Crippen LogP contribution in [0.25, 0.3) is 10.7 Å². The molecule has 0 amide bonds. The number of rotatable bonds is 2. The summed E-state index contributed by atoms with van der Waals surface area (Å²) in [5, 5.41) is 9.29. The summed E-state index contributed by atoms with van der Waals surface area (Å²) in [5.74, 6) is 1.72. The van der Waals surface area contributed by atoms with Crippen molar-refractivity contribution in [3.8, 4) is 10.7 Å². The van der Waals surface area contributed by atoms with Gasteiger partial charge >= 0.3 is 0 Å².